The summed E-state index contributed by atoms with van der Waals surface area (Å²) in [6, 6.07) is 0. The van der Waals surface area contributed by atoms with Gasteiger partial charge in [0.05, 0.1) is 12.2 Å². The van der Waals surface area contributed by atoms with Crippen LogP contribution in [0.1, 0.15) is 52.7 Å². The first-order chi connectivity index (χ1) is 8.61. The number of hydrogen-bond acceptors (Lipinski definition) is 2. The van der Waals surface area contributed by atoms with Crippen LogP contribution in [0.15, 0.2) is 29.5 Å². The lowest BCUT2D eigenvalue weighted by Crippen LogP contribution is -1.96. The average Bonchev–Trinajstić information content (AvgIpc) is 2.74. The number of aryl methyl sites for hydroxylation is 1. The number of allylic oxidation sites excluding steroid dienone is 4. The number of nitrogens with zero attached hydrogens (tertiary/aromatic N) is 3. The van der Waals surface area contributed by atoms with Crippen LogP contribution in [0.25, 0.3) is 0 Å². The third-order valence-electron chi connectivity index (χ3n) is 2.81. The van der Waals surface area contributed by atoms with E-state index in [2.05, 4.69) is 50.2 Å². The molecule has 1 aromatic heterocycles. The Hall–Kier alpha value is -1.38. The third-order valence-corrected chi connectivity index (χ3v) is 2.81. The first-order valence-electron chi connectivity index (χ1n) is 6.79. The van der Waals surface area contributed by atoms with Crippen LogP contribution in [0.2, 0.25) is 0 Å². The van der Waals surface area contributed by atoms with Crippen molar-refractivity contribution in [1.82, 2.24) is 15.0 Å². The summed E-state index contributed by atoms with van der Waals surface area (Å²) in [5, 5.41) is 8.27. The molecular formula is C15H25N3. The minimum absolute atomic E-state index is 0.831. The molecule has 0 fully saturated rings. The molecule has 0 spiro atoms. The Morgan fingerprint density at radius 2 is 2.06 bits per heavy atom. The summed E-state index contributed by atoms with van der Waals surface area (Å²) in [6.45, 7) is 9.46. The maximum absolute atomic E-state index is 4.14. The Kier molecular flexibility index (Phi) is 6.40. The summed E-state index contributed by atoms with van der Waals surface area (Å²) in [7, 11) is 0. The second-order valence-electron chi connectivity index (χ2n) is 5.05. The second-order valence-corrected chi connectivity index (χ2v) is 5.05. The molecule has 1 rings (SSSR count). The quantitative estimate of drug-likeness (QED) is 0.684. The van der Waals surface area contributed by atoms with E-state index in [-0.39, 0.29) is 0 Å². The van der Waals surface area contributed by atoms with Gasteiger partial charge in [-0.2, -0.15) is 0 Å². The van der Waals surface area contributed by atoms with Gasteiger partial charge in [0.2, 0.25) is 0 Å². The molecule has 0 N–H and O–H groups in total. The smallest absolute Gasteiger partial charge is 0.0827 e. The van der Waals surface area contributed by atoms with Crippen molar-refractivity contribution < 1.29 is 0 Å². The highest BCUT2D eigenvalue weighted by atomic mass is 15.4. The zero-order valence-electron chi connectivity index (χ0n) is 12.1. The summed E-state index contributed by atoms with van der Waals surface area (Å²) in [4.78, 5) is 0. The molecule has 0 aliphatic rings. The molecule has 0 aliphatic carbocycles. The van der Waals surface area contributed by atoms with Crippen LogP contribution < -0.4 is 0 Å². The minimum Gasteiger partial charge on any atom is -0.248 e. The highest BCUT2D eigenvalue weighted by molar-refractivity contribution is 5.02. The van der Waals surface area contributed by atoms with Crippen LogP contribution in [0.5, 0.6) is 0 Å². The van der Waals surface area contributed by atoms with Crippen molar-refractivity contribution in [2.75, 3.05) is 0 Å². The van der Waals surface area contributed by atoms with E-state index in [0.29, 0.717) is 0 Å². The molecule has 0 unspecified atom stereocenters. The van der Waals surface area contributed by atoms with Gasteiger partial charge in [-0.15, -0.1) is 5.10 Å². The zero-order chi connectivity index (χ0) is 13.4. The molecule has 0 radical (unpaired) electrons. The molecule has 0 saturated carbocycles. The van der Waals surface area contributed by atoms with Gasteiger partial charge >= 0.3 is 0 Å². The zero-order valence-corrected chi connectivity index (χ0v) is 12.1. The Morgan fingerprint density at radius 3 is 2.72 bits per heavy atom. The van der Waals surface area contributed by atoms with E-state index in [1.165, 1.54) is 11.1 Å². The van der Waals surface area contributed by atoms with Gasteiger partial charge in [-0.05, 0) is 40.0 Å². The number of aromatic nitrogens is 3. The molecule has 3 nitrogen and oxygen atoms in total. The third kappa shape index (κ3) is 5.80. The fourth-order valence-electron chi connectivity index (χ4n) is 1.74. The van der Waals surface area contributed by atoms with Crippen molar-refractivity contribution in [3.05, 3.63) is 35.2 Å². The maximum Gasteiger partial charge on any atom is 0.0827 e. The highest BCUT2D eigenvalue weighted by Gasteiger charge is 1.98. The lowest BCUT2D eigenvalue weighted by Gasteiger charge is -1.99. The summed E-state index contributed by atoms with van der Waals surface area (Å²) < 4.78 is 1.91. The molecule has 0 amide bonds. The van der Waals surface area contributed by atoms with Gasteiger partial charge in [0.1, 0.15) is 0 Å². The van der Waals surface area contributed by atoms with Crippen molar-refractivity contribution >= 4 is 0 Å². The molecule has 0 atom stereocenters. The van der Waals surface area contributed by atoms with Crippen molar-refractivity contribution in [2.45, 2.75) is 59.9 Å². The van der Waals surface area contributed by atoms with Crippen LogP contribution in [0.4, 0.5) is 0 Å². The molecular weight excluding hydrogens is 222 g/mol. The van der Waals surface area contributed by atoms with Crippen LogP contribution in [-0.4, -0.2) is 15.0 Å². The molecule has 0 bridgehead atoms. The topological polar surface area (TPSA) is 30.7 Å². The number of rotatable bonds is 7. The van der Waals surface area contributed by atoms with Crippen molar-refractivity contribution in [1.29, 1.82) is 0 Å². The van der Waals surface area contributed by atoms with E-state index in [1.54, 1.807) is 0 Å². The Bertz CT molecular complexity index is 409. The molecule has 100 valence electrons. The standard InChI is InChI=1S/C15H25N3/c1-5-7-15-12-18(17-16-15)11-10-14(4)9-6-8-13(2)3/h8,10,12H,5-7,9,11H2,1-4H3/b14-10+. The Balaban J connectivity index is 2.39. The molecule has 1 heterocycles. The SMILES string of the molecule is CCCc1cn(C/C=C(\C)CCC=C(C)C)nn1. The fraction of sp³-hybridized carbons (Fsp3) is 0.600. The van der Waals surface area contributed by atoms with Crippen LogP contribution >= 0.6 is 0 Å². The summed E-state index contributed by atoms with van der Waals surface area (Å²) in [5.41, 5.74) is 3.90. The largest absolute Gasteiger partial charge is 0.248 e. The van der Waals surface area contributed by atoms with E-state index in [4.69, 9.17) is 0 Å². The lowest BCUT2D eigenvalue weighted by atomic mass is 10.1. The summed E-state index contributed by atoms with van der Waals surface area (Å²) in [5.74, 6) is 0. The van der Waals surface area contributed by atoms with Gasteiger partial charge in [0, 0.05) is 6.20 Å². The second kappa shape index (κ2) is 7.85. The first kappa shape index (κ1) is 14.7. The molecule has 0 aliphatic heterocycles. The monoisotopic (exact) mass is 247 g/mol. The number of hydrogen-bond donors (Lipinski definition) is 0. The molecule has 18 heavy (non-hydrogen) atoms. The van der Waals surface area contributed by atoms with E-state index in [1.807, 2.05) is 10.9 Å². The predicted molar refractivity (Wildman–Crippen MR) is 76.4 cm³/mol. The van der Waals surface area contributed by atoms with Crippen LogP contribution in [-0.2, 0) is 13.0 Å². The summed E-state index contributed by atoms with van der Waals surface area (Å²) >= 11 is 0. The van der Waals surface area contributed by atoms with E-state index in [9.17, 15) is 0 Å². The van der Waals surface area contributed by atoms with Gasteiger partial charge in [-0.3, -0.25) is 0 Å². The van der Waals surface area contributed by atoms with E-state index < -0.39 is 0 Å². The van der Waals surface area contributed by atoms with Crippen LogP contribution in [0.3, 0.4) is 0 Å². The Labute approximate surface area is 111 Å². The minimum atomic E-state index is 0.831. The van der Waals surface area contributed by atoms with Crippen LogP contribution in [0, 0.1) is 0 Å². The van der Waals surface area contributed by atoms with Crippen molar-refractivity contribution in [3.63, 3.8) is 0 Å². The predicted octanol–water partition coefficient (Wildman–Crippen LogP) is 3.92. The normalized spacial score (nSPS) is 11.7. The van der Waals surface area contributed by atoms with Crippen molar-refractivity contribution in [2.24, 2.45) is 0 Å². The molecule has 0 saturated heterocycles. The van der Waals surface area contributed by atoms with Gasteiger partial charge < -0.3 is 0 Å². The molecule has 0 aromatic carbocycles. The van der Waals surface area contributed by atoms with Gasteiger partial charge in [0.25, 0.3) is 0 Å². The lowest BCUT2D eigenvalue weighted by molar-refractivity contribution is 0.656. The molecule has 3 heteroatoms. The maximum atomic E-state index is 4.14. The van der Waals surface area contributed by atoms with E-state index >= 15 is 0 Å². The van der Waals surface area contributed by atoms with E-state index in [0.717, 1.165) is 37.9 Å². The van der Waals surface area contributed by atoms with Crippen molar-refractivity contribution in [3.8, 4) is 0 Å². The van der Waals surface area contributed by atoms with Gasteiger partial charge in [-0.1, -0.05) is 41.9 Å². The average molecular weight is 247 g/mol. The first-order valence-corrected chi connectivity index (χ1v) is 6.79. The van der Waals surface area contributed by atoms with Gasteiger partial charge in [0.15, 0.2) is 0 Å². The van der Waals surface area contributed by atoms with Gasteiger partial charge in [-0.25, -0.2) is 4.68 Å². The highest BCUT2D eigenvalue weighted by Crippen LogP contribution is 2.07. The Morgan fingerprint density at radius 1 is 1.28 bits per heavy atom. The fourth-order valence-corrected chi connectivity index (χ4v) is 1.74. The summed E-state index contributed by atoms with van der Waals surface area (Å²) in [6.07, 6.45) is 11.0. The molecule has 1 aromatic rings.